The van der Waals surface area contributed by atoms with Gasteiger partial charge in [-0.2, -0.15) is 0 Å². The van der Waals surface area contributed by atoms with Crippen molar-refractivity contribution in [1.82, 2.24) is 0 Å². The molecule has 1 aromatic rings. The van der Waals surface area contributed by atoms with Crippen LogP contribution in [0.4, 0.5) is 0 Å². The Balaban J connectivity index is 2.20. The minimum Gasteiger partial charge on any atom is -0.478 e. The van der Waals surface area contributed by atoms with Crippen LogP contribution in [0.3, 0.4) is 0 Å². The molecule has 0 amide bonds. The van der Waals surface area contributed by atoms with Crippen LogP contribution in [-0.2, 0) is 9.63 Å². The lowest BCUT2D eigenvalue weighted by Crippen LogP contribution is -2.35. The molecule has 0 fully saturated rings. The summed E-state index contributed by atoms with van der Waals surface area (Å²) in [4.78, 5) is 16.7. The van der Waals surface area contributed by atoms with Crippen LogP contribution in [0.25, 0.3) is 0 Å². The van der Waals surface area contributed by atoms with Crippen LogP contribution in [0.1, 0.15) is 18.2 Å². The minimum absolute atomic E-state index is 0.263. The zero-order valence-electron chi connectivity index (χ0n) is 7.86. The van der Waals surface area contributed by atoms with Crippen LogP contribution < -0.4 is 0 Å². The van der Waals surface area contributed by atoms with Crippen molar-refractivity contribution in [3.63, 3.8) is 0 Å². The van der Waals surface area contributed by atoms with Gasteiger partial charge in [0.05, 0.1) is 9.90 Å². The highest BCUT2D eigenvalue weighted by molar-refractivity contribution is 7.12. The summed E-state index contributed by atoms with van der Waals surface area (Å²) >= 11 is 7.19. The van der Waals surface area contributed by atoms with E-state index in [4.69, 9.17) is 21.5 Å². The number of oxime groups is 1. The van der Waals surface area contributed by atoms with Crippen molar-refractivity contribution in [2.45, 2.75) is 18.9 Å². The van der Waals surface area contributed by atoms with Gasteiger partial charge in [-0.3, -0.25) is 0 Å². The third kappa shape index (κ3) is 1.85. The topological polar surface area (TPSA) is 58.9 Å². The van der Waals surface area contributed by atoms with E-state index in [1.807, 2.05) is 0 Å². The normalized spacial score (nSPS) is 24.8. The van der Waals surface area contributed by atoms with Gasteiger partial charge < -0.3 is 9.94 Å². The Bertz CT molecular complexity index is 442. The average molecular weight is 246 g/mol. The fourth-order valence-electron chi connectivity index (χ4n) is 1.25. The summed E-state index contributed by atoms with van der Waals surface area (Å²) in [6, 6.07) is 1.75. The van der Waals surface area contributed by atoms with Crippen molar-refractivity contribution in [2.24, 2.45) is 5.16 Å². The lowest BCUT2D eigenvalue weighted by molar-refractivity contribution is -0.160. The predicted octanol–water partition coefficient (Wildman–Crippen LogP) is 2.37. The van der Waals surface area contributed by atoms with Crippen molar-refractivity contribution in [3.05, 3.63) is 21.3 Å². The molecule has 2 rings (SSSR count). The number of carboxylic acids is 1. The van der Waals surface area contributed by atoms with E-state index in [1.165, 1.54) is 18.3 Å². The van der Waals surface area contributed by atoms with Crippen molar-refractivity contribution in [2.75, 3.05) is 0 Å². The Morgan fingerprint density at radius 2 is 2.53 bits per heavy atom. The number of carbonyl (C=O) groups is 1. The van der Waals surface area contributed by atoms with E-state index in [9.17, 15) is 4.79 Å². The minimum atomic E-state index is -1.24. The third-order valence-electron chi connectivity index (χ3n) is 2.17. The van der Waals surface area contributed by atoms with Crippen molar-refractivity contribution in [3.8, 4) is 0 Å². The van der Waals surface area contributed by atoms with E-state index in [1.54, 1.807) is 11.4 Å². The van der Waals surface area contributed by atoms with E-state index in [0.29, 0.717) is 10.7 Å². The fraction of sp³-hybridized carbons (Fsp3) is 0.333. The molecule has 1 aliphatic rings. The lowest BCUT2D eigenvalue weighted by Gasteiger charge is -2.14. The molecule has 0 bridgehead atoms. The molecular weight excluding hydrogens is 238 g/mol. The molecule has 1 atom stereocenters. The Morgan fingerprint density at radius 3 is 3.00 bits per heavy atom. The van der Waals surface area contributed by atoms with E-state index >= 15 is 0 Å². The number of aliphatic carboxylic acids is 1. The molecule has 2 heterocycles. The largest absolute Gasteiger partial charge is 0.478 e. The molecule has 0 radical (unpaired) electrons. The van der Waals surface area contributed by atoms with E-state index in [0.717, 1.165) is 4.88 Å². The summed E-state index contributed by atoms with van der Waals surface area (Å²) in [5.74, 6) is -1.01. The molecule has 0 saturated carbocycles. The van der Waals surface area contributed by atoms with Gasteiger partial charge in [0.2, 0.25) is 5.60 Å². The SMILES string of the molecule is CC1(C(=O)O)CC(c2cc(Cl)cs2)=NO1. The first-order valence-corrected chi connectivity index (χ1v) is 5.50. The number of halogens is 1. The highest BCUT2D eigenvalue weighted by Crippen LogP contribution is 2.30. The van der Waals surface area contributed by atoms with Gasteiger partial charge in [0, 0.05) is 11.8 Å². The van der Waals surface area contributed by atoms with Gasteiger partial charge in [0.1, 0.15) is 5.71 Å². The number of nitrogens with zero attached hydrogens (tertiary/aromatic N) is 1. The van der Waals surface area contributed by atoms with Crippen LogP contribution in [-0.4, -0.2) is 22.4 Å². The second kappa shape index (κ2) is 3.50. The molecule has 1 aliphatic heterocycles. The molecule has 15 heavy (non-hydrogen) atoms. The van der Waals surface area contributed by atoms with Gasteiger partial charge in [0.25, 0.3) is 0 Å². The molecule has 0 saturated heterocycles. The van der Waals surface area contributed by atoms with Crippen LogP contribution in [0.15, 0.2) is 16.6 Å². The standard InChI is InChI=1S/C9H8ClNO3S/c1-9(8(12)13)3-6(11-14-9)7-2-5(10)4-15-7/h2,4H,3H2,1H3,(H,12,13). The van der Waals surface area contributed by atoms with Crippen molar-refractivity contribution >= 4 is 34.6 Å². The van der Waals surface area contributed by atoms with Crippen LogP contribution >= 0.6 is 22.9 Å². The first kappa shape index (κ1) is 10.4. The maximum Gasteiger partial charge on any atom is 0.351 e. The molecule has 80 valence electrons. The highest BCUT2D eigenvalue weighted by atomic mass is 35.5. The predicted molar refractivity (Wildman–Crippen MR) is 57.6 cm³/mol. The Morgan fingerprint density at radius 1 is 1.80 bits per heavy atom. The number of carboxylic acid groups (broad SMARTS) is 1. The maximum absolute atomic E-state index is 10.9. The molecule has 0 aromatic carbocycles. The summed E-state index contributed by atoms with van der Waals surface area (Å²) in [6.07, 6.45) is 0.263. The summed E-state index contributed by atoms with van der Waals surface area (Å²) in [6.45, 7) is 1.50. The van der Waals surface area contributed by atoms with Gasteiger partial charge in [-0.15, -0.1) is 11.3 Å². The highest BCUT2D eigenvalue weighted by Gasteiger charge is 2.42. The molecule has 1 unspecified atom stereocenters. The van der Waals surface area contributed by atoms with E-state index in [2.05, 4.69) is 5.16 Å². The van der Waals surface area contributed by atoms with Crippen LogP contribution in [0.5, 0.6) is 0 Å². The molecule has 4 nitrogen and oxygen atoms in total. The lowest BCUT2D eigenvalue weighted by atomic mass is 10.00. The molecule has 1 aromatic heterocycles. The fourth-order valence-corrected chi connectivity index (χ4v) is 2.31. The van der Waals surface area contributed by atoms with Crippen molar-refractivity contribution in [1.29, 1.82) is 0 Å². The van der Waals surface area contributed by atoms with E-state index in [-0.39, 0.29) is 6.42 Å². The quantitative estimate of drug-likeness (QED) is 0.870. The Kier molecular flexibility index (Phi) is 2.44. The zero-order chi connectivity index (χ0) is 11.1. The van der Waals surface area contributed by atoms with Gasteiger partial charge in [0.15, 0.2) is 0 Å². The number of hydrogen-bond acceptors (Lipinski definition) is 4. The first-order valence-electron chi connectivity index (χ1n) is 4.24. The van der Waals surface area contributed by atoms with Gasteiger partial charge >= 0.3 is 5.97 Å². The Hall–Kier alpha value is -1.07. The monoisotopic (exact) mass is 245 g/mol. The summed E-state index contributed by atoms with van der Waals surface area (Å²) < 4.78 is 0. The summed E-state index contributed by atoms with van der Waals surface area (Å²) in [5, 5.41) is 15.1. The second-order valence-corrected chi connectivity index (χ2v) is 4.82. The van der Waals surface area contributed by atoms with E-state index < -0.39 is 11.6 Å². The van der Waals surface area contributed by atoms with Crippen LogP contribution in [0.2, 0.25) is 5.02 Å². The second-order valence-electron chi connectivity index (χ2n) is 3.47. The van der Waals surface area contributed by atoms with Gasteiger partial charge in [-0.1, -0.05) is 16.8 Å². The average Bonchev–Trinajstić information content (AvgIpc) is 2.73. The molecule has 0 spiro atoms. The van der Waals surface area contributed by atoms with Gasteiger partial charge in [-0.25, -0.2) is 4.79 Å². The summed E-state index contributed by atoms with van der Waals surface area (Å²) in [5.41, 5.74) is -0.608. The molecular formula is C9H8ClNO3S. The summed E-state index contributed by atoms with van der Waals surface area (Å²) in [7, 11) is 0. The molecule has 6 heteroatoms. The van der Waals surface area contributed by atoms with Crippen LogP contribution in [0, 0.1) is 0 Å². The number of rotatable bonds is 2. The molecule has 0 aliphatic carbocycles. The molecule has 1 N–H and O–H groups in total. The first-order chi connectivity index (χ1) is 7.01. The smallest absolute Gasteiger partial charge is 0.351 e. The van der Waals surface area contributed by atoms with Crippen molar-refractivity contribution < 1.29 is 14.7 Å². The third-order valence-corrected chi connectivity index (χ3v) is 3.49. The zero-order valence-corrected chi connectivity index (χ0v) is 9.43. The Labute approximate surface area is 95.1 Å². The van der Waals surface area contributed by atoms with Gasteiger partial charge in [-0.05, 0) is 13.0 Å². The number of thiophene rings is 1. The maximum atomic E-state index is 10.9. The number of hydrogen-bond donors (Lipinski definition) is 1.